The maximum Gasteiger partial charge on any atom is 0.262 e. The highest BCUT2D eigenvalue weighted by Gasteiger charge is 2.15. The van der Waals surface area contributed by atoms with Gasteiger partial charge in [-0.05, 0) is 47.3 Å². The number of hydrogen-bond acceptors (Lipinski definition) is 4. The van der Waals surface area contributed by atoms with Crippen LogP contribution in [0.1, 0.15) is 11.3 Å². The van der Waals surface area contributed by atoms with E-state index in [-0.39, 0.29) is 17.9 Å². The first-order chi connectivity index (χ1) is 16.6. The molecule has 0 saturated carbocycles. The minimum atomic E-state index is -0.279. The van der Waals surface area contributed by atoms with Crippen molar-refractivity contribution in [3.63, 3.8) is 0 Å². The second-order valence-corrected chi connectivity index (χ2v) is 8.14. The minimum Gasteiger partial charge on any atom is -0.338 e. The highest BCUT2D eigenvalue weighted by Crippen LogP contribution is 2.22. The predicted molar refractivity (Wildman–Crippen MR) is 128 cm³/mol. The zero-order valence-corrected chi connectivity index (χ0v) is 18.0. The maximum atomic E-state index is 13.6. The van der Waals surface area contributed by atoms with Crippen molar-refractivity contribution >= 4 is 21.9 Å². The Labute approximate surface area is 193 Å². The Balaban J connectivity index is 1.39. The number of aromatic nitrogens is 6. The van der Waals surface area contributed by atoms with E-state index in [1.54, 1.807) is 27.6 Å². The first-order valence-corrected chi connectivity index (χ1v) is 10.9. The number of rotatable bonds is 5. The van der Waals surface area contributed by atoms with Crippen LogP contribution < -0.4 is 5.56 Å². The number of para-hydroxylation sites is 3. The number of nitrogens with one attached hydrogen (secondary N) is 1. The molecule has 6 rings (SSSR count). The van der Waals surface area contributed by atoms with E-state index in [4.69, 9.17) is 0 Å². The Kier molecular flexibility index (Phi) is 4.76. The third kappa shape index (κ3) is 3.65. The van der Waals surface area contributed by atoms with Crippen LogP contribution in [0.3, 0.4) is 0 Å². The van der Waals surface area contributed by atoms with Crippen molar-refractivity contribution in [2.24, 2.45) is 0 Å². The highest BCUT2D eigenvalue weighted by molar-refractivity contribution is 5.85. The molecule has 6 aromatic rings. The molecule has 3 aromatic heterocycles. The molecule has 8 heteroatoms. The first-order valence-electron chi connectivity index (χ1n) is 10.9. The zero-order valence-electron chi connectivity index (χ0n) is 18.0. The fourth-order valence-corrected chi connectivity index (χ4v) is 4.16. The summed E-state index contributed by atoms with van der Waals surface area (Å²) in [6.45, 7) is 0.721. The number of pyridine rings is 1. The second-order valence-electron chi connectivity index (χ2n) is 8.14. The molecule has 3 aromatic carbocycles. The van der Waals surface area contributed by atoms with Crippen molar-refractivity contribution in [1.82, 2.24) is 29.5 Å². The fourth-order valence-electron chi connectivity index (χ4n) is 4.16. The summed E-state index contributed by atoms with van der Waals surface area (Å²) in [5.41, 5.74) is 4.38. The first kappa shape index (κ1) is 20.0. The maximum absolute atomic E-state index is 13.6. The third-order valence-electron chi connectivity index (χ3n) is 5.81. The quantitative estimate of drug-likeness (QED) is 0.423. The van der Waals surface area contributed by atoms with Gasteiger partial charge in [-0.25, -0.2) is 14.1 Å². The molecule has 0 bridgehead atoms. The van der Waals surface area contributed by atoms with Gasteiger partial charge in [-0.3, -0.25) is 4.79 Å². The Morgan fingerprint density at radius 1 is 0.912 bits per heavy atom. The van der Waals surface area contributed by atoms with Crippen molar-refractivity contribution < 1.29 is 4.39 Å². The summed E-state index contributed by atoms with van der Waals surface area (Å²) in [6, 6.07) is 23.6. The molecule has 0 unspecified atom stereocenters. The smallest absolute Gasteiger partial charge is 0.262 e. The van der Waals surface area contributed by atoms with E-state index in [1.165, 1.54) is 12.1 Å². The van der Waals surface area contributed by atoms with E-state index in [9.17, 15) is 9.18 Å². The van der Waals surface area contributed by atoms with E-state index >= 15 is 0 Å². The molecule has 166 valence electrons. The Hall–Kier alpha value is -4.59. The summed E-state index contributed by atoms with van der Waals surface area (Å²) in [6.07, 6.45) is 1.80. The summed E-state index contributed by atoms with van der Waals surface area (Å²) in [7, 11) is 0. The van der Waals surface area contributed by atoms with Crippen LogP contribution >= 0.6 is 0 Å². The number of aromatic amines is 1. The molecule has 3 heterocycles. The topological polar surface area (TPSA) is 81.4 Å². The molecule has 0 aliphatic rings. The van der Waals surface area contributed by atoms with Crippen LogP contribution in [0.4, 0.5) is 4.39 Å². The van der Waals surface area contributed by atoms with Crippen LogP contribution in [0.2, 0.25) is 0 Å². The van der Waals surface area contributed by atoms with Crippen LogP contribution in [0.15, 0.2) is 89.9 Å². The number of fused-ring (bicyclic) bond motifs is 2. The molecule has 34 heavy (non-hydrogen) atoms. The molecule has 0 spiro atoms. The number of halogens is 1. The Morgan fingerprint density at radius 3 is 2.56 bits per heavy atom. The Bertz CT molecular complexity index is 1660. The number of benzene rings is 3. The standard InChI is InChI=1S/C26H19FN6O/c27-19-11-9-17(10-12-19)14-32-15-20(30-31-32)16-33-24-8-4-1-5-18(24)13-21(26(33)34)25-28-22-6-2-3-7-23(22)29-25/h1-13,15H,14,16H2,(H,28,29). The van der Waals surface area contributed by atoms with Gasteiger partial charge in [0.05, 0.1) is 41.4 Å². The summed E-state index contributed by atoms with van der Waals surface area (Å²) in [5.74, 6) is 0.254. The second kappa shape index (κ2) is 8.08. The largest absolute Gasteiger partial charge is 0.338 e. The van der Waals surface area contributed by atoms with Crippen LogP contribution in [0.5, 0.6) is 0 Å². The van der Waals surface area contributed by atoms with Gasteiger partial charge in [0.1, 0.15) is 17.3 Å². The van der Waals surface area contributed by atoms with Gasteiger partial charge < -0.3 is 9.55 Å². The van der Waals surface area contributed by atoms with Gasteiger partial charge in [-0.15, -0.1) is 5.10 Å². The van der Waals surface area contributed by atoms with Gasteiger partial charge in [0, 0.05) is 0 Å². The van der Waals surface area contributed by atoms with Crippen molar-refractivity contribution in [3.8, 4) is 11.4 Å². The van der Waals surface area contributed by atoms with E-state index in [0.29, 0.717) is 23.6 Å². The predicted octanol–water partition coefficient (Wildman–Crippen LogP) is 4.37. The molecular formula is C26H19FN6O. The van der Waals surface area contributed by atoms with Gasteiger partial charge in [0.15, 0.2) is 0 Å². The minimum absolute atomic E-state index is 0.161. The van der Waals surface area contributed by atoms with Crippen LogP contribution in [0.25, 0.3) is 33.3 Å². The molecule has 0 amide bonds. The number of imidazole rings is 1. The average molecular weight is 450 g/mol. The molecular weight excluding hydrogens is 431 g/mol. The zero-order chi connectivity index (χ0) is 23.1. The molecule has 0 aliphatic carbocycles. The number of H-pyrrole nitrogens is 1. The molecule has 1 N–H and O–H groups in total. The van der Waals surface area contributed by atoms with Crippen molar-refractivity contribution in [2.75, 3.05) is 0 Å². The lowest BCUT2D eigenvalue weighted by atomic mass is 10.1. The van der Waals surface area contributed by atoms with Gasteiger partial charge in [0.2, 0.25) is 0 Å². The van der Waals surface area contributed by atoms with Crippen molar-refractivity contribution in [1.29, 1.82) is 0 Å². The van der Waals surface area contributed by atoms with Crippen molar-refractivity contribution in [2.45, 2.75) is 13.1 Å². The Morgan fingerprint density at radius 2 is 1.71 bits per heavy atom. The molecule has 7 nitrogen and oxygen atoms in total. The average Bonchev–Trinajstić information content (AvgIpc) is 3.49. The summed E-state index contributed by atoms with van der Waals surface area (Å²) in [5, 5.41) is 9.38. The van der Waals surface area contributed by atoms with Gasteiger partial charge in [-0.1, -0.05) is 47.7 Å². The monoisotopic (exact) mass is 450 g/mol. The summed E-state index contributed by atoms with van der Waals surface area (Å²) >= 11 is 0. The van der Waals surface area contributed by atoms with Gasteiger partial charge in [0.25, 0.3) is 5.56 Å². The van der Waals surface area contributed by atoms with Gasteiger partial charge in [-0.2, -0.15) is 0 Å². The molecule has 0 saturated heterocycles. The van der Waals surface area contributed by atoms with Crippen LogP contribution in [0, 0.1) is 5.82 Å². The lowest BCUT2D eigenvalue weighted by molar-refractivity contribution is 0.621. The van der Waals surface area contributed by atoms with Crippen molar-refractivity contribution in [3.05, 3.63) is 112 Å². The van der Waals surface area contributed by atoms with Crippen LogP contribution in [-0.4, -0.2) is 29.5 Å². The third-order valence-corrected chi connectivity index (χ3v) is 5.81. The molecule has 0 radical (unpaired) electrons. The molecule has 0 aliphatic heterocycles. The van der Waals surface area contributed by atoms with E-state index in [2.05, 4.69) is 20.3 Å². The SMILES string of the molecule is O=c1c(-c2nc3ccccc3[nH]2)cc2ccccc2n1Cc1cn(Cc2ccc(F)cc2)nn1. The number of nitrogens with zero attached hydrogens (tertiary/aromatic N) is 5. The van der Waals surface area contributed by atoms with E-state index < -0.39 is 0 Å². The molecule has 0 fully saturated rings. The summed E-state index contributed by atoms with van der Waals surface area (Å²) in [4.78, 5) is 21.5. The number of hydrogen-bond donors (Lipinski definition) is 1. The van der Waals surface area contributed by atoms with Gasteiger partial charge >= 0.3 is 0 Å². The fraction of sp³-hybridized carbons (Fsp3) is 0.0769. The molecule has 0 atom stereocenters. The van der Waals surface area contributed by atoms with Crippen LogP contribution in [-0.2, 0) is 13.1 Å². The lowest BCUT2D eigenvalue weighted by Gasteiger charge is -2.11. The normalized spacial score (nSPS) is 11.4. The van der Waals surface area contributed by atoms with E-state index in [1.807, 2.05) is 54.6 Å². The summed E-state index contributed by atoms with van der Waals surface area (Å²) < 4.78 is 16.6. The lowest BCUT2D eigenvalue weighted by Crippen LogP contribution is -2.23. The van der Waals surface area contributed by atoms with E-state index in [0.717, 1.165) is 27.5 Å². The highest BCUT2D eigenvalue weighted by atomic mass is 19.1.